The lowest BCUT2D eigenvalue weighted by atomic mass is 9.79. The molecule has 3 aromatic carbocycles. The van der Waals surface area contributed by atoms with Crippen LogP contribution in [0.25, 0.3) is 11.1 Å². The van der Waals surface area contributed by atoms with Gasteiger partial charge in [-0.2, -0.15) is 0 Å². The minimum atomic E-state index is -0.429. The van der Waals surface area contributed by atoms with Gasteiger partial charge in [0.1, 0.15) is 23.9 Å². The van der Waals surface area contributed by atoms with E-state index in [0.29, 0.717) is 35.7 Å². The Morgan fingerprint density at radius 3 is 2.41 bits per heavy atom. The van der Waals surface area contributed by atoms with Gasteiger partial charge in [-0.05, 0) is 71.0 Å². The van der Waals surface area contributed by atoms with E-state index in [2.05, 4.69) is 6.58 Å². The summed E-state index contributed by atoms with van der Waals surface area (Å²) >= 11 is 0. The average Bonchev–Trinajstić information content (AvgIpc) is 2.95. The minimum Gasteiger partial charge on any atom is -0.497 e. The van der Waals surface area contributed by atoms with E-state index in [1.807, 2.05) is 69.3 Å². The molecule has 3 aromatic rings. The first-order chi connectivity index (χ1) is 18.7. The summed E-state index contributed by atoms with van der Waals surface area (Å²) in [4.78, 5) is 11.8. The number of hydrogen-bond acceptors (Lipinski definition) is 5. The normalized spacial score (nSPS) is 12.9. The summed E-state index contributed by atoms with van der Waals surface area (Å²) < 4.78 is 37.4. The number of methoxy groups -OCH3 is 3. The first kappa shape index (κ1) is 29.9. The number of rotatable bonds is 13. The lowest BCUT2D eigenvalue weighted by Crippen LogP contribution is -2.22. The Labute approximate surface area is 231 Å². The third-order valence-electron chi connectivity index (χ3n) is 7.17. The smallest absolute Gasteiger partial charge is 0.306 e. The SMILES string of the molecule is C=CC(C)(C)C(OC)c1cc(COc2cccc(C(CC)CC(=O)OC)c2)ccc1-c1cc(OC)ccc1F. The van der Waals surface area contributed by atoms with E-state index < -0.39 is 5.41 Å². The van der Waals surface area contributed by atoms with Gasteiger partial charge < -0.3 is 18.9 Å². The molecule has 39 heavy (non-hydrogen) atoms. The number of halogens is 1. The van der Waals surface area contributed by atoms with Crippen LogP contribution in [0.15, 0.2) is 73.3 Å². The Kier molecular flexibility index (Phi) is 10.3. The number of benzene rings is 3. The average molecular weight is 535 g/mol. The van der Waals surface area contributed by atoms with Crippen LogP contribution in [-0.2, 0) is 20.9 Å². The molecule has 2 unspecified atom stereocenters. The first-order valence-corrected chi connectivity index (χ1v) is 13.1. The molecule has 2 atom stereocenters. The molecule has 0 aliphatic carbocycles. The Morgan fingerprint density at radius 2 is 1.77 bits per heavy atom. The predicted molar refractivity (Wildman–Crippen MR) is 153 cm³/mol. The molecule has 0 fully saturated rings. The van der Waals surface area contributed by atoms with Crippen LogP contribution < -0.4 is 9.47 Å². The van der Waals surface area contributed by atoms with E-state index in [4.69, 9.17) is 18.9 Å². The van der Waals surface area contributed by atoms with Crippen molar-refractivity contribution in [3.63, 3.8) is 0 Å². The van der Waals surface area contributed by atoms with Crippen molar-refractivity contribution in [1.29, 1.82) is 0 Å². The monoisotopic (exact) mass is 534 g/mol. The number of hydrogen-bond donors (Lipinski definition) is 0. The van der Waals surface area contributed by atoms with Gasteiger partial charge in [0.15, 0.2) is 0 Å². The van der Waals surface area contributed by atoms with Crippen molar-refractivity contribution in [1.82, 2.24) is 0 Å². The standard InChI is InChI=1S/C33H39FO5/c1-8-23(19-31(35)37-6)24-11-10-12-26(18-24)39-21-22-13-15-27(28-20-25(36-5)14-16-30(28)34)29(17-22)32(38-7)33(3,4)9-2/h9-18,20,23,32H,2,8,19,21H2,1,3-7H3. The molecule has 5 nitrogen and oxygen atoms in total. The number of carbonyl (C=O) groups excluding carboxylic acids is 1. The van der Waals surface area contributed by atoms with Gasteiger partial charge in [-0.15, -0.1) is 6.58 Å². The van der Waals surface area contributed by atoms with Crippen LogP contribution in [0.3, 0.4) is 0 Å². The Morgan fingerprint density at radius 1 is 1.00 bits per heavy atom. The summed E-state index contributed by atoms with van der Waals surface area (Å²) in [6.07, 6.45) is 2.59. The summed E-state index contributed by atoms with van der Waals surface area (Å²) in [6, 6.07) is 18.3. The van der Waals surface area contributed by atoms with Crippen molar-refractivity contribution in [2.45, 2.75) is 52.2 Å². The molecule has 6 heteroatoms. The highest BCUT2D eigenvalue weighted by molar-refractivity contribution is 5.71. The molecule has 0 spiro atoms. The zero-order chi connectivity index (χ0) is 28.6. The highest BCUT2D eigenvalue weighted by Gasteiger charge is 2.31. The van der Waals surface area contributed by atoms with Crippen molar-refractivity contribution < 1.29 is 28.1 Å². The maximum atomic E-state index is 15.1. The van der Waals surface area contributed by atoms with Gasteiger partial charge in [-0.25, -0.2) is 4.39 Å². The van der Waals surface area contributed by atoms with E-state index in [1.165, 1.54) is 13.2 Å². The lowest BCUT2D eigenvalue weighted by molar-refractivity contribution is -0.141. The van der Waals surface area contributed by atoms with Crippen molar-refractivity contribution in [2.75, 3.05) is 21.3 Å². The molecule has 208 valence electrons. The summed E-state index contributed by atoms with van der Waals surface area (Å²) in [5, 5.41) is 0. The fourth-order valence-corrected chi connectivity index (χ4v) is 4.75. The Balaban J connectivity index is 1.97. The lowest BCUT2D eigenvalue weighted by Gasteiger charge is -2.32. The molecule has 0 aliphatic heterocycles. The van der Waals surface area contributed by atoms with Crippen LogP contribution in [0.5, 0.6) is 11.5 Å². The fourth-order valence-electron chi connectivity index (χ4n) is 4.75. The van der Waals surface area contributed by atoms with Gasteiger partial charge in [0.05, 0.1) is 26.7 Å². The minimum absolute atomic E-state index is 0.0493. The summed E-state index contributed by atoms with van der Waals surface area (Å²) in [5.41, 5.74) is 3.48. The summed E-state index contributed by atoms with van der Waals surface area (Å²) in [6.45, 7) is 10.4. The van der Waals surface area contributed by atoms with E-state index in [0.717, 1.165) is 23.1 Å². The maximum Gasteiger partial charge on any atom is 0.306 e. The van der Waals surface area contributed by atoms with Gasteiger partial charge >= 0.3 is 5.97 Å². The molecule has 0 radical (unpaired) electrons. The molecule has 3 rings (SSSR count). The van der Waals surface area contributed by atoms with Crippen LogP contribution in [0, 0.1) is 11.2 Å². The second-order valence-electron chi connectivity index (χ2n) is 10.2. The maximum absolute atomic E-state index is 15.1. The van der Waals surface area contributed by atoms with E-state index >= 15 is 4.39 Å². The van der Waals surface area contributed by atoms with Gasteiger partial charge in [-0.1, -0.05) is 51.1 Å². The van der Waals surface area contributed by atoms with Gasteiger partial charge in [0, 0.05) is 18.1 Å². The van der Waals surface area contributed by atoms with Crippen molar-refractivity contribution in [2.24, 2.45) is 5.41 Å². The predicted octanol–water partition coefficient (Wildman–Crippen LogP) is 8.04. The topological polar surface area (TPSA) is 54.0 Å². The van der Waals surface area contributed by atoms with Crippen LogP contribution in [0.2, 0.25) is 0 Å². The molecular formula is C33H39FO5. The van der Waals surface area contributed by atoms with Crippen LogP contribution in [-0.4, -0.2) is 27.3 Å². The molecule has 0 saturated carbocycles. The van der Waals surface area contributed by atoms with Gasteiger partial charge in [0.2, 0.25) is 0 Å². The number of ether oxygens (including phenoxy) is 4. The van der Waals surface area contributed by atoms with E-state index in [1.54, 1.807) is 26.4 Å². The molecule has 0 heterocycles. The Hall–Kier alpha value is -3.64. The molecule has 0 aromatic heterocycles. The zero-order valence-corrected chi connectivity index (χ0v) is 23.8. The van der Waals surface area contributed by atoms with E-state index in [-0.39, 0.29) is 23.8 Å². The third kappa shape index (κ3) is 7.27. The molecule has 0 aliphatic rings. The van der Waals surface area contributed by atoms with Crippen molar-refractivity contribution in [3.8, 4) is 22.6 Å². The van der Waals surface area contributed by atoms with Crippen LogP contribution >= 0.6 is 0 Å². The molecule has 0 N–H and O–H groups in total. The third-order valence-corrected chi connectivity index (χ3v) is 7.17. The second kappa shape index (κ2) is 13.4. The molecule has 0 amide bonds. The molecule has 0 bridgehead atoms. The highest BCUT2D eigenvalue weighted by atomic mass is 19.1. The number of carbonyl (C=O) groups is 1. The summed E-state index contributed by atoms with van der Waals surface area (Å²) in [7, 11) is 4.61. The Bertz CT molecular complexity index is 1280. The fraction of sp³-hybridized carbons (Fsp3) is 0.364. The van der Waals surface area contributed by atoms with Crippen LogP contribution in [0.1, 0.15) is 62.3 Å². The van der Waals surface area contributed by atoms with Crippen molar-refractivity contribution >= 4 is 5.97 Å². The second-order valence-corrected chi connectivity index (χ2v) is 10.2. The van der Waals surface area contributed by atoms with Crippen molar-refractivity contribution in [3.05, 3.63) is 95.8 Å². The molecule has 0 saturated heterocycles. The molecular weight excluding hydrogens is 495 g/mol. The largest absolute Gasteiger partial charge is 0.497 e. The number of esters is 1. The van der Waals surface area contributed by atoms with Gasteiger partial charge in [0.25, 0.3) is 0 Å². The zero-order valence-electron chi connectivity index (χ0n) is 23.8. The van der Waals surface area contributed by atoms with Gasteiger partial charge in [-0.3, -0.25) is 4.79 Å². The first-order valence-electron chi connectivity index (χ1n) is 13.1. The summed E-state index contributed by atoms with van der Waals surface area (Å²) in [5.74, 6) is 0.743. The quantitative estimate of drug-likeness (QED) is 0.164. The van der Waals surface area contributed by atoms with E-state index in [9.17, 15) is 4.79 Å². The highest BCUT2D eigenvalue weighted by Crippen LogP contribution is 2.43. The van der Waals surface area contributed by atoms with Crippen LogP contribution in [0.4, 0.5) is 4.39 Å².